The zero-order chi connectivity index (χ0) is 10.2. The molecule has 0 aromatic carbocycles. The molecule has 0 nitrogen and oxygen atoms in total. The Bertz CT molecular complexity index is 31.1. The number of unbranched alkanes of at least 4 members (excludes halogenated alkanes) is 3. The Morgan fingerprint density at radius 3 is 0.733 bits per heavy atom. The van der Waals surface area contributed by atoms with E-state index >= 15 is 0 Å². The van der Waals surface area contributed by atoms with Crippen LogP contribution in [0.25, 0.3) is 0 Å². The van der Waals surface area contributed by atoms with E-state index in [9.17, 15) is 0 Å². The van der Waals surface area contributed by atoms with E-state index in [0.717, 1.165) is 19.3 Å². The van der Waals surface area contributed by atoms with E-state index in [1.54, 1.807) is 0 Å². The van der Waals surface area contributed by atoms with Gasteiger partial charge in [-0.3, -0.25) is 0 Å². The first kappa shape index (κ1) is 36.0. The van der Waals surface area contributed by atoms with Crippen LogP contribution >= 0.6 is 22.3 Å². The second kappa shape index (κ2) is 59.0. The third-order valence-electron chi connectivity index (χ3n) is 1.06. The minimum atomic E-state index is 0. The van der Waals surface area contributed by atoms with Crippen molar-refractivity contribution < 1.29 is 16.8 Å². The molecule has 0 N–H and O–H groups in total. The first-order chi connectivity index (χ1) is 5.74. The molecular formula is C12H31ClCoP. The molecule has 0 spiro atoms. The fourth-order valence-electron chi connectivity index (χ4n) is 0. The Labute approximate surface area is 119 Å². The average molecular weight is 301 g/mol. The van der Waals surface area contributed by atoms with Crippen molar-refractivity contribution in [2.45, 2.75) is 59.3 Å². The van der Waals surface area contributed by atoms with Crippen LogP contribution in [0.5, 0.6) is 0 Å². The van der Waals surface area contributed by atoms with Crippen LogP contribution in [-0.2, 0) is 16.8 Å². The summed E-state index contributed by atoms with van der Waals surface area (Å²) in [7, 11) is 0. The summed E-state index contributed by atoms with van der Waals surface area (Å²) in [5.41, 5.74) is 0. The maximum Gasteiger partial charge on any atom is 3.00 e. The number of halogens is 1. The molecule has 3 heteroatoms. The molecule has 0 aliphatic carbocycles. The zero-order valence-corrected chi connectivity index (χ0v) is 14.1. The van der Waals surface area contributed by atoms with Crippen molar-refractivity contribution in [3.05, 3.63) is 20.8 Å². The molecule has 1 atom stereocenters. The Morgan fingerprint density at radius 1 is 0.667 bits per heavy atom. The molecule has 0 radical (unpaired) electrons. The summed E-state index contributed by atoms with van der Waals surface area (Å²) in [6.07, 6.45) is 6.83. The van der Waals surface area contributed by atoms with Gasteiger partial charge in [0.05, 0.1) is 0 Å². The topological polar surface area (TPSA) is 0 Å². The molecule has 0 amide bonds. The predicted octanol–water partition coefficient (Wildman–Crippen LogP) is 5.34. The minimum Gasteiger partial charge on any atom is -0.343 e. The Hall–Kier alpha value is 1.23. The summed E-state index contributed by atoms with van der Waals surface area (Å²) in [6.45, 7) is 17.2. The number of rotatable bonds is 3. The van der Waals surface area contributed by atoms with E-state index in [1.807, 2.05) is 0 Å². The normalized spacial score (nSPS) is 6.00. The molecule has 0 bridgehead atoms. The van der Waals surface area contributed by atoms with Gasteiger partial charge in [-0.15, -0.1) is 12.4 Å². The van der Waals surface area contributed by atoms with E-state index < -0.39 is 0 Å². The first-order valence-electron chi connectivity index (χ1n) is 5.12. The molecular weight excluding hydrogens is 269 g/mol. The summed E-state index contributed by atoms with van der Waals surface area (Å²) < 4.78 is 0. The van der Waals surface area contributed by atoms with E-state index in [4.69, 9.17) is 0 Å². The number of hydrogen-bond acceptors (Lipinski definition) is 0. The molecule has 1 unspecified atom stereocenters. The number of hydrogen-bond donors (Lipinski definition) is 0. The largest absolute Gasteiger partial charge is 3.00 e. The van der Waals surface area contributed by atoms with Crippen LogP contribution in [0.4, 0.5) is 0 Å². The third kappa shape index (κ3) is 149. The maximum absolute atomic E-state index is 3.60. The van der Waals surface area contributed by atoms with Crippen molar-refractivity contribution in [1.82, 2.24) is 0 Å². The van der Waals surface area contributed by atoms with Gasteiger partial charge in [0, 0.05) is 0 Å². The Morgan fingerprint density at radius 2 is 0.733 bits per heavy atom. The molecule has 0 saturated heterocycles. The smallest absolute Gasteiger partial charge is 0.343 e. The summed E-state index contributed by atoms with van der Waals surface area (Å²) in [6, 6.07) is 0. The average Bonchev–Trinajstić information content (AvgIpc) is 2.18. The molecule has 0 aliphatic heterocycles. The third-order valence-corrected chi connectivity index (χ3v) is 1.06. The monoisotopic (exact) mass is 300 g/mol. The van der Waals surface area contributed by atoms with Gasteiger partial charge in [-0.25, -0.2) is 0 Å². The van der Waals surface area contributed by atoms with Gasteiger partial charge in [-0.05, 0) is 0 Å². The van der Waals surface area contributed by atoms with Crippen molar-refractivity contribution in [3.8, 4) is 0 Å². The van der Waals surface area contributed by atoms with Gasteiger partial charge in [-0.2, -0.15) is 29.2 Å². The second-order valence-electron chi connectivity index (χ2n) is 2.56. The molecule has 0 aromatic heterocycles. The van der Waals surface area contributed by atoms with Crippen molar-refractivity contribution >= 4 is 22.3 Å². The molecule has 0 aliphatic rings. The van der Waals surface area contributed by atoms with E-state index in [0.29, 0.717) is 0 Å². The fourth-order valence-corrected chi connectivity index (χ4v) is 0. The zero-order valence-electron chi connectivity index (χ0n) is 10.8. The van der Waals surface area contributed by atoms with Crippen LogP contribution in [0.3, 0.4) is 0 Å². The molecule has 0 aromatic rings. The van der Waals surface area contributed by atoms with Crippen LogP contribution in [-0.4, -0.2) is 0 Å². The van der Waals surface area contributed by atoms with Crippen molar-refractivity contribution in [2.24, 2.45) is 0 Å². The molecule has 15 heavy (non-hydrogen) atoms. The molecule has 0 rings (SSSR count). The van der Waals surface area contributed by atoms with Gasteiger partial charge in [0.15, 0.2) is 0 Å². The fraction of sp³-hybridized carbons (Fsp3) is 0.750. The van der Waals surface area contributed by atoms with Gasteiger partial charge >= 0.3 is 16.8 Å². The SMILES string of the molecule is Cl.P.[CH2-]CCC.[CH2-]CCC.[CH2-]CCC.[Co+3]. The van der Waals surface area contributed by atoms with Crippen molar-refractivity contribution in [3.63, 3.8) is 0 Å². The summed E-state index contributed by atoms with van der Waals surface area (Å²) in [5.74, 6) is 0. The van der Waals surface area contributed by atoms with Gasteiger partial charge < -0.3 is 20.8 Å². The molecule has 100 valence electrons. The minimum absolute atomic E-state index is 0. The Kier molecular flexibility index (Phi) is 142. The van der Waals surface area contributed by atoms with Crippen molar-refractivity contribution in [2.75, 3.05) is 0 Å². The standard InChI is InChI=1S/3C4H9.ClH.Co.H3P/c3*1-3-4-2;;;/h3*1,3-4H2,2H3;1H;;1H3/q3*-1;;+3;. The van der Waals surface area contributed by atoms with Gasteiger partial charge in [0.25, 0.3) is 0 Å². The van der Waals surface area contributed by atoms with Crippen molar-refractivity contribution in [1.29, 1.82) is 0 Å². The summed E-state index contributed by atoms with van der Waals surface area (Å²) in [4.78, 5) is 0. The quantitative estimate of drug-likeness (QED) is 0.487. The van der Waals surface area contributed by atoms with E-state index in [1.165, 1.54) is 19.3 Å². The van der Waals surface area contributed by atoms with Crippen LogP contribution in [0.2, 0.25) is 0 Å². The summed E-state index contributed by atoms with van der Waals surface area (Å²) >= 11 is 0. The van der Waals surface area contributed by atoms with Gasteiger partial charge in [0.1, 0.15) is 0 Å². The van der Waals surface area contributed by atoms with Crippen LogP contribution < -0.4 is 0 Å². The van der Waals surface area contributed by atoms with E-state index in [-0.39, 0.29) is 39.1 Å². The molecule has 0 heterocycles. The van der Waals surface area contributed by atoms with E-state index in [2.05, 4.69) is 41.5 Å². The van der Waals surface area contributed by atoms with Gasteiger partial charge in [0.2, 0.25) is 0 Å². The van der Waals surface area contributed by atoms with Gasteiger partial charge in [-0.1, -0.05) is 40.0 Å². The Balaban J connectivity index is -0.0000000184. The first-order valence-corrected chi connectivity index (χ1v) is 5.12. The molecule has 0 fully saturated rings. The van der Waals surface area contributed by atoms with Crippen LogP contribution in [0.15, 0.2) is 0 Å². The van der Waals surface area contributed by atoms with Crippen LogP contribution in [0, 0.1) is 20.8 Å². The maximum atomic E-state index is 3.60. The second-order valence-corrected chi connectivity index (χ2v) is 2.56. The summed E-state index contributed by atoms with van der Waals surface area (Å²) in [5, 5.41) is 0. The molecule has 0 saturated carbocycles. The predicted molar refractivity (Wildman–Crippen MR) is 79.1 cm³/mol. The van der Waals surface area contributed by atoms with Crippen LogP contribution in [0.1, 0.15) is 59.3 Å².